The molecule has 1 fully saturated rings. The minimum absolute atomic E-state index is 0. The van der Waals surface area contributed by atoms with Crippen LogP contribution in [-0.2, 0) is 6.54 Å². The molecular weight excluding hydrogens is 489 g/mol. The van der Waals surface area contributed by atoms with Crippen LogP contribution in [0.25, 0.3) is 11.3 Å². The standard InChI is InChI=1S/C29H31N7O.Al.3H/c1-21-5-10-25(18-27(21)34-29-31-13-11-26(33-29)24-4-3-12-30-19-24)32-28(37)23-8-6-22(7-9-23)20-36-16-14-35(2)15-17-36;;;;/h3-13,18-19H,14-17,20H2,1-2H3,(H,32,37)(H,31,33,34);;;;. The summed E-state index contributed by atoms with van der Waals surface area (Å²) in [5.74, 6) is 0.333. The Bertz CT molecular complexity index is 1360. The van der Waals surface area contributed by atoms with Gasteiger partial charge in [-0.25, -0.2) is 9.97 Å². The Morgan fingerprint density at radius 3 is 2.50 bits per heavy atom. The van der Waals surface area contributed by atoms with Crippen LogP contribution in [0.2, 0.25) is 0 Å². The van der Waals surface area contributed by atoms with E-state index in [1.54, 1.807) is 18.6 Å². The number of anilines is 3. The lowest BCUT2D eigenvalue weighted by atomic mass is 10.1. The van der Waals surface area contributed by atoms with Crippen molar-refractivity contribution in [3.8, 4) is 11.3 Å². The van der Waals surface area contributed by atoms with Crippen molar-refractivity contribution in [1.82, 2.24) is 24.8 Å². The molecule has 0 bridgehead atoms. The average molecular weight is 524 g/mol. The molecule has 194 valence electrons. The molecule has 5 rings (SSSR count). The average Bonchev–Trinajstić information content (AvgIpc) is 2.93. The van der Waals surface area contributed by atoms with Crippen LogP contribution in [0, 0.1) is 6.92 Å². The van der Waals surface area contributed by atoms with Gasteiger partial charge in [-0.3, -0.25) is 14.7 Å². The number of amides is 1. The second-order valence-corrected chi connectivity index (χ2v) is 9.39. The fraction of sp³-hybridized carbons (Fsp3) is 0.241. The van der Waals surface area contributed by atoms with Crippen LogP contribution in [0.3, 0.4) is 0 Å². The molecule has 9 heteroatoms. The number of likely N-dealkylation sites (N-methyl/N-ethyl adjacent to an activating group) is 1. The number of hydrogen-bond donors (Lipinski definition) is 2. The first kappa shape index (κ1) is 27.4. The molecule has 4 aromatic rings. The second-order valence-electron chi connectivity index (χ2n) is 9.39. The van der Waals surface area contributed by atoms with Gasteiger partial charge in [0.05, 0.1) is 5.69 Å². The van der Waals surface area contributed by atoms with Crippen LogP contribution >= 0.6 is 0 Å². The molecule has 1 saturated heterocycles. The fourth-order valence-electron chi connectivity index (χ4n) is 4.28. The Morgan fingerprint density at radius 1 is 0.974 bits per heavy atom. The predicted molar refractivity (Wildman–Crippen MR) is 157 cm³/mol. The number of carbonyl (C=O) groups is 1. The summed E-state index contributed by atoms with van der Waals surface area (Å²) in [5.41, 5.74) is 6.08. The number of aryl methyl sites for hydroxylation is 1. The van der Waals surface area contributed by atoms with Gasteiger partial charge in [-0.05, 0) is 67.6 Å². The van der Waals surface area contributed by atoms with Gasteiger partial charge in [0.15, 0.2) is 17.4 Å². The Morgan fingerprint density at radius 2 is 1.76 bits per heavy atom. The highest BCUT2D eigenvalue weighted by molar-refractivity contribution is 6.04. The molecule has 1 amide bonds. The van der Waals surface area contributed by atoms with Crippen molar-refractivity contribution in [2.45, 2.75) is 13.5 Å². The first-order chi connectivity index (χ1) is 18.0. The number of rotatable bonds is 7. The normalized spacial score (nSPS) is 13.9. The molecular formula is C29H34AlN7O. The van der Waals surface area contributed by atoms with Crippen molar-refractivity contribution < 1.29 is 4.79 Å². The highest BCUT2D eigenvalue weighted by Gasteiger charge is 2.14. The van der Waals surface area contributed by atoms with E-state index >= 15 is 0 Å². The number of nitrogens with one attached hydrogen (secondary N) is 2. The van der Waals surface area contributed by atoms with E-state index in [1.165, 1.54) is 5.56 Å². The van der Waals surface area contributed by atoms with Crippen LogP contribution in [0.4, 0.5) is 17.3 Å². The van der Waals surface area contributed by atoms with Crippen molar-refractivity contribution in [2.75, 3.05) is 43.9 Å². The summed E-state index contributed by atoms with van der Waals surface area (Å²) in [4.78, 5) is 30.9. The number of hydrogen-bond acceptors (Lipinski definition) is 7. The molecule has 1 aliphatic heterocycles. The van der Waals surface area contributed by atoms with Gasteiger partial charge in [-0.2, -0.15) is 0 Å². The molecule has 0 saturated carbocycles. The molecule has 1 aliphatic rings. The van der Waals surface area contributed by atoms with Crippen LogP contribution in [-0.4, -0.2) is 81.2 Å². The Balaban J connectivity index is 0.00000336. The van der Waals surface area contributed by atoms with Gasteiger partial charge in [0.25, 0.3) is 5.91 Å². The van der Waals surface area contributed by atoms with Crippen molar-refractivity contribution in [3.05, 3.63) is 95.9 Å². The number of nitrogens with zero attached hydrogens (tertiary/aromatic N) is 5. The molecule has 0 radical (unpaired) electrons. The highest BCUT2D eigenvalue weighted by Crippen LogP contribution is 2.24. The molecule has 38 heavy (non-hydrogen) atoms. The summed E-state index contributed by atoms with van der Waals surface area (Å²) in [7, 11) is 2.16. The smallest absolute Gasteiger partial charge is 0.255 e. The number of benzene rings is 2. The van der Waals surface area contributed by atoms with E-state index in [1.807, 2.05) is 67.6 Å². The van der Waals surface area contributed by atoms with Gasteiger partial charge in [-0.1, -0.05) is 18.2 Å². The van der Waals surface area contributed by atoms with E-state index in [0.717, 1.165) is 55.2 Å². The topological polar surface area (TPSA) is 86.3 Å². The summed E-state index contributed by atoms with van der Waals surface area (Å²) < 4.78 is 0. The third-order valence-electron chi connectivity index (χ3n) is 6.57. The molecule has 0 atom stereocenters. The molecule has 2 aromatic carbocycles. The van der Waals surface area contributed by atoms with Crippen molar-refractivity contribution in [3.63, 3.8) is 0 Å². The lowest BCUT2D eigenvalue weighted by Gasteiger charge is -2.32. The van der Waals surface area contributed by atoms with E-state index in [2.05, 4.69) is 42.4 Å². The van der Waals surface area contributed by atoms with E-state index in [0.29, 0.717) is 17.2 Å². The monoisotopic (exact) mass is 523 g/mol. The fourth-order valence-corrected chi connectivity index (χ4v) is 4.28. The molecule has 3 heterocycles. The zero-order chi connectivity index (χ0) is 25.6. The molecule has 0 unspecified atom stereocenters. The van der Waals surface area contributed by atoms with Crippen LogP contribution in [0.5, 0.6) is 0 Å². The van der Waals surface area contributed by atoms with Crippen molar-refractivity contribution in [1.29, 1.82) is 0 Å². The van der Waals surface area contributed by atoms with Crippen LogP contribution in [0.15, 0.2) is 79.3 Å². The lowest BCUT2D eigenvalue weighted by Crippen LogP contribution is -2.43. The van der Waals surface area contributed by atoms with Gasteiger partial charge in [0.1, 0.15) is 0 Å². The lowest BCUT2D eigenvalue weighted by molar-refractivity contribution is 0.102. The Kier molecular flexibility index (Phi) is 9.21. The highest BCUT2D eigenvalue weighted by atomic mass is 27.0. The Labute approximate surface area is 234 Å². The van der Waals surface area contributed by atoms with E-state index in [9.17, 15) is 4.79 Å². The maximum atomic E-state index is 12.9. The maximum absolute atomic E-state index is 12.9. The summed E-state index contributed by atoms with van der Waals surface area (Å²) in [5, 5.41) is 6.29. The minimum Gasteiger partial charge on any atom is -0.324 e. The number of aromatic nitrogens is 3. The van der Waals surface area contributed by atoms with Gasteiger partial charge in [0.2, 0.25) is 5.95 Å². The minimum atomic E-state index is -0.143. The molecule has 0 aliphatic carbocycles. The number of piperazine rings is 1. The third kappa shape index (κ3) is 7.03. The summed E-state index contributed by atoms with van der Waals surface area (Å²) in [6.07, 6.45) is 5.22. The summed E-state index contributed by atoms with van der Waals surface area (Å²) in [6.45, 7) is 7.24. The zero-order valence-electron chi connectivity index (χ0n) is 21.2. The molecule has 0 spiro atoms. The quantitative estimate of drug-likeness (QED) is 0.359. The molecule has 8 nitrogen and oxygen atoms in total. The predicted octanol–water partition coefficient (Wildman–Crippen LogP) is 3.41. The molecule has 2 N–H and O–H groups in total. The maximum Gasteiger partial charge on any atom is 0.255 e. The Hall–Kier alpha value is -3.61. The number of carbonyl (C=O) groups excluding carboxylic acids is 1. The zero-order valence-corrected chi connectivity index (χ0v) is 21.2. The van der Waals surface area contributed by atoms with Gasteiger partial charge in [-0.15, -0.1) is 0 Å². The second kappa shape index (κ2) is 12.8. The van der Waals surface area contributed by atoms with Crippen molar-refractivity contribution in [2.24, 2.45) is 0 Å². The third-order valence-corrected chi connectivity index (χ3v) is 6.57. The number of pyridine rings is 1. The van der Waals surface area contributed by atoms with E-state index in [-0.39, 0.29) is 23.3 Å². The van der Waals surface area contributed by atoms with Gasteiger partial charge < -0.3 is 15.5 Å². The molecule has 2 aromatic heterocycles. The van der Waals surface area contributed by atoms with E-state index < -0.39 is 0 Å². The first-order valence-electron chi connectivity index (χ1n) is 12.5. The summed E-state index contributed by atoms with van der Waals surface area (Å²) in [6, 6.07) is 19.3. The van der Waals surface area contributed by atoms with Crippen LogP contribution in [0.1, 0.15) is 21.5 Å². The van der Waals surface area contributed by atoms with Gasteiger partial charge >= 0.3 is 0 Å². The SMILES string of the molecule is Cc1ccc(NC(=O)c2ccc(CN3CCN(C)CC3)cc2)cc1Nc1nccc(-c2cccnc2)n1.[AlH3]. The van der Waals surface area contributed by atoms with Gasteiger partial charge in [0, 0.05) is 73.8 Å². The van der Waals surface area contributed by atoms with Crippen molar-refractivity contribution >= 4 is 40.6 Å². The van der Waals surface area contributed by atoms with E-state index in [4.69, 9.17) is 0 Å². The summed E-state index contributed by atoms with van der Waals surface area (Å²) >= 11 is 0. The largest absolute Gasteiger partial charge is 0.324 e. The first-order valence-corrected chi connectivity index (χ1v) is 12.5. The van der Waals surface area contributed by atoms with Crippen LogP contribution < -0.4 is 10.6 Å².